The quantitative estimate of drug-likeness (QED) is 0.166. The molecular weight excluding hydrogens is 635 g/mol. The van der Waals surface area contributed by atoms with Crippen molar-refractivity contribution in [2.24, 2.45) is 0 Å². The summed E-state index contributed by atoms with van der Waals surface area (Å²) in [7, 11) is 0. The zero-order valence-corrected chi connectivity index (χ0v) is 28.0. The van der Waals surface area contributed by atoms with E-state index in [4.69, 9.17) is 19.9 Å². The van der Waals surface area contributed by atoms with Crippen LogP contribution in [-0.2, 0) is 0 Å². The summed E-state index contributed by atoms with van der Waals surface area (Å²) in [6, 6.07) is 61.7. The Kier molecular flexibility index (Phi) is 7.81. The van der Waals surface area contributed by atoms with Crippen LogP contribution in [0.4, 0.5) is 0 Å². The first-order chi connectivity index (χ1) is 25.7. The van der Waals surface area contributed by atoms with Crippen molar-refractivity contribution < 1.29 is 0 Å². The van der Waals surface area contributed by atoms with Crippen LogP contribution in [0.15, 0.2) is 176 Å². The molecule has 0 N–H and O–H groups in total. The number of benzene rings is 7. The second kappa shape index (κ2) is 13.2. The average molecular weight is 664 g/mol. The molecule has 0 fully saturated rings. The number of fused-ring (bicyclic) bond motifs is 3. The summed E-state index contributed by atoms with van der Waals surface area (Å²) in [4.78, 5) is 20.0. The third-order valence-corrected chi connectivity index (χ3v) is 9.36. The van der Waals surface area contributed by atoms with Crippen molar-refractivity contribution in [1.82, 2.24) is 19.9 Å². The maximum absolute atomic E-state index is 9.47. The molecule has 0 bridgehead atoms. The second-order valence-corrected chi connectivity index (χ2v) is 12.6. The molecule has 0 atom stereocenters. The zero-order valence-electron chi connectivity index (χ0n) is 28.0. The Hall–Kier alpha value is -7.29. The van der Waals surface area contributed by atoms with Gasteiger partial charge in [0, 0.05) is 27.6 Å². The van der Waals surface area contributed by atoms with Crippen LogP contribution in [0.3, 0.4) is 0 Å². The third kappa shape index (κ3) is 5.75. The van der Waals surface area contributed by atoms with Gasteiger partial charge in [-0.3, -0.25) is 0 Å². The van der Waals surface area contributed by atoms with E-state index in [1.807, 2.05) is 103 Å². The Bertz CT molecular complexity index is 2700. The summed E-state index contributed by atoms with van der Waals surface area (Å²) >= 11 is 0. The molecule has 0 saturated heterocycles. The van der Waals surface area contributed by atoms with Crippen LogP contribution in [0.5, 0.6) is 0 Å². The van der Waals surface area contributed by atoms with E-state index >= 15 is 0 Å². The standard InChI is InChI=1S/C47H29N5/c48-30-31-20-22-33(23-21-31)41-29-42(34-12-4-1-5-13-34)49-43-28-40(38-18-10-11-19-39(38)44(41)43)32-24-26-37(27-25-32)47-51-45(35-14-6-2-7-15-35)50-46(52-47)36-16-8-3-9-17-36/h1-29H. The van der Waals surface area contributed by atoms with Crippen molar-refractivity contribution >= 4 is 21.7 Å². The van der Waals surface area contributed by atoms with Crippen LogP contribution in [0.1, 0.15) is 5.56 Å². The molecule has 2 heterocycles. The van der Waals surface area contributed by atoms with Gasteiger partial charge in [-0.25, -0.2) is 19.9 Å². The van der Waals surface area contributed by atoms with Crippen LogP contribution in [0.2, 0.25) is 0 Å². The molecule has 0 unspecified atom stereocenters. The van der Waals surface area contributed by atoms with Crippen molar-refractivity contribution in [1.29, 1.82) is 5.26 Å². The van der Waals surface area contributed by atoms with Crippen molar-refractivity contribution in [2.75, 3.05) is 0 Å². The maximum Gasteiger partial charge on any atom is 0.164 e. The van der Waals surface area contributed by atoms with Gasteiger partial charge in [-0.15, -0.1) is 0 Å². The fourth-order valence-corrected chi connectivity index (χ4v) is 6.79. The minimum Gasteiger partial charge on any atom is -0.248 e. The first-order valence-electron chi connectivity index (χ1n) is 17.1. The number of nitriles is 1. The van der Waals surface area contributed by atoms with E-state index in [2.05, 4.69) is 78.9 Å². The lowest BCUT2D eigenvalue weighted by Gasteiger charge is -2.16. The fourth-order valence-electron chi connectivity index (χ4n) is 6.79. The molecule has 7 aromatic carbocycles. The van der Waals surface area contributed by atoms with Gasteiger partial charge >= 0.3 is 0 Å². The minimum absolute atomic E-state index is 0.615. The highest BCUT2D eigenvalue weighted by Crippen LogP contribution is 2.41. The Morgan fingerprint density at radius 3 is 1.37 bits per heavy atom. The van der Waals surface area contributed by atoms with Gasteiger partial charge in [-0.1, -0.05) is 152 Å². The summed E-state index contributed by atoms with van der Waals surface area (Å²) in [5.41, 5.74) is 10.5. The van der Waals surface area contributed by atoms with Gasteiger partial charge in [-0.05, 0) is 57.3 Å². The molecular formula is C47H29N5. The van der Waals surface area contributed by atoms with Gasteiger partial charge in [-0.2, -0.15) is 5.26 Å². The van der Waals surface area contributed by atoms with E-state index in [1.165, 1.54) is 0 Å². The molecule has 0 amide bonds. The monoisotopic (exact) mass is 663 g/mol. The molecule has 5 nitrogen and oxygen atoms in total. The Balaban J connectivity index is 1.21. The molecule has 5 heteroatoms. The normalized spacial score (nSPS) is 11.1. The predicted molar refractivity (Wildman–Crippen MR) is 210 cm³/mol. The molecule has 0 aliphatic carbocycles. The Labute approximate surface area is 301 Å². The topological polar surface area (TPSA) is 75.3 Å². The van der Waals surface area contributed by atoms with Crippen LogP contribution in [-0.4, -0.2) is 19.9 Å². The van der Waals surface area contributed by atoms with Crippen molar-refractivity contribution in [3.8, 4) is 73.7 Å². The molecule has 0 aliphatic heterocycles. The summed E-state index contributed by atoms with van der Waals surface area (Å²) in [5, 5.41) is 12.8. The van der Waals surface area contributed by atoms with Crippen molar-refractivity contribution in [3.63, 3.8) is 0 Å². The maximum atomic E-state index is 9.47. The molecule has 52 heavy (non-hydrogen) atoms. The van der Waals surface area contributed by atoms with Gasteiger partial charge in [0.25, 0.3) is 0 Å². The SMILES string of the molecule is N#Cc1ccc(-c2cc(-c3ccccc3)nc3cc(-c4ccc(-c5nc(-c6ccccc6)nc(-c6ccccc6)n5)cc4)c4ccccc4c23)cc1. The van der Waals surface area contributed by atoms with E-state index in [1.54, 1.807) is 0 Å². The number of aromatic nitrogens is 4. The van der Waals surface area contributed by atoms with E-state index in [0.717, 1.165) is 71.9 Å². The molecule has 9 aromatic rings. The van der Waals surface area contributed by atoms with Crippen LogP contribution >= 0.6 is 0 Å². The van der Waals surface area contributed by atoms with Gasteiger partial charge < -0.3 is 0 Å². The minimum atomic E-state index is 0.615. The van der Waals surface area contributed by atoms with Gasteiger partial charge in [0.1, 0.15) is 0 Å². The lowest BCUT2D eigenvalue weighted by molar-refractivity contribution is 1.07. The predicted octanol–water partition coefficient (Wildman–Crippen LogP) is 11.4. The van der Waals surface area contributed by atoms with E-state index in [0.29, 0.717) is 23.0 Å². The van der Waals surface area contributed by atoms with Gasteiger partial charge in [0.05, 0.1) is 22.8 Å². The molecule has 0 radical (unpaired) electrons. The number of nitrogens with zero attached hydrogens (tertiary/aromatic N) is 5. The summed E-state index contributed by atoms with van der Waals surface area (Å²) in [6.07, 6.45) is 0. The second-order valence-electron chi connectivity index (χ2n) is 12.6. The Morgan fingerprint density at radius 2 is 0.808 bits per heavy atom. The van der Waals surface area contributed by atoms with E-state index in [9.17, 15) is 5.26 Å². The number of hydrogen-bond acceptors (Lipinski definition) is 5. The zero-order chi connectivity index (χ0) is 34.9. The fraction of sp³-hybridized carbons (Fsp3) is 0. The number of pyridine rings is 1. The molecule has 9 rings (SSSR count). The molecule has 0 saturated carbocycles. The molecule has 2 aromatic heterocycles. The number of rotatable bonds is 6. The lowest BCUT2D eigenvalue weighted by atomic mass is 9.90. The van der Waals surface area contributed by atoms with Gasteiger partial charge in [0.15, 0.2) is 17.5 Å². The first-order valence-corrected chi connectivity index (χ1v) is 17.1. The highest BCUT2D eigenvalue weighted by atomic mass is 15.0. The summed E-state index contributed by atoms with van der Waals surface area (Å²) < 4.78 is 0. The summed E-state index contributed by atoms with van der Waals surface area (Å²) in [5.74, 6) is 1.88. The first kappa shape index (κ1) is 30.7. The van der Waals surface area contributed by atoms with Crippen LogP contribution < -0.4 is 0 Å². The van der Waals surface area contributed by atoms with Crippen LogP contribution in [0.25, 0.3) is 89.4 Å². The van der Waals surface area contributed by atoms with E-state index < -0.39 is 0 Å². The molecule has 0 spiro atoms. The highest BCUT2D eigenvalue weighted by molar-refractivity contribution is 6.18. The Morgan fingerprint density at radius 1 is 0.365 bits per heavy atom. The van der Waals surface area contributed by atoms with E-state index in [-0.39, 0.29) is 0 Å². The van der Waals surface area contributed by atoms with Crippen molar-refractivity contribution in [2.45, 2.75) is 0 Å². The average Bonchev–Trinajstić information content (AvgIpc) is 3.24. The smallest absolute Gasteiger partial charge is 0.164 e. The largest absolute Gasteiger partial charge is 0.248 e. The lowest BCUT2D eigenvalue weighted by Crippen LogP contribution is -2.00. The molecule has 242 valence electrons. The molecule has 0 aliphatic rings. The number of hydrogen-bond donors (Lipinski definition) is 0. The van der Waals surface area contributed by atoms with Crippen LogP contribution in [0, 0.1) is 11.3 Å². The highest BCUT2D eigenvalue weighted by Gasteiger charge is 2.17. The van der Waals surface area contributed by atoms with Gasteiger partial charge in [0.2, 0.25) is 0 Å². The summed E-state index contributed by atoms with van der Waals surface area (Å²) in [6.45, 7) is 0. The third-order valence-electron chi connectivity index (χ3n) is 9.36. The van der Waals surface area contributed by atoms with Crippen molar-refractivity contribution in [3.05, 3.63) is 181 Å².